The average molecular weight is 271 g/mol. The van der Waals surface area contributed by atoms with Crippen LogP contribution in [0.1, 0.15) is 46.3 Å². The standard InChI is InChI=1S/C13H25N3OS/c1-6-14-11(9(2)3)7-13-15-12(16-17-13)8-18-10(4)5/h9-11,14H,6-8H2,1-5H3. The van der Waals surface area contributed by atoms with Gasteiger partial charge in [-0.2, -0.15) is 16.7 Å². The molecule has 1 aromatic rings. The van der Waals surface area contributed by atoms with Gasteiger partial charge in [-0.15, -0.1) is 0 Å². The Morgan fingerprint density at radius 3 is 2.56 bits per heavy atom. The van der Waals surface area contributed by atoms with Crippen molar-refractivity contribution in [2.45, 2.75) is 58.1 Å². The first-order valence-corrected chi connectivity index (χ1v) is 7.74. The molecule has 0 saturated carbocycles. The highest BCUT2D eigenvalue weighted by Crippen LogP contribution is 2.16. The predicted molar refractivity (Wildman–Crippen MR) is 76.7 cm³/mol. The minimum atomic E-state index is 0.404. The van der Waals surface area contributed by atoms with Crippen LogP contribution < -0.4 is 5.32 Å². The van der Waals surface area contributed by atoms with Gasteiger partial charge in [-0.3, -0.25) is 0 Å². The lowest BCUT2D eigenvalue weighted by Crippen LogP contribution is -2.35. The van der Waals surface area contributed by atoms with Crippen molar-refractivity contribution in [1.29, 1.82) is 0 Å². The Hall–Kier alpha value is -0.550. The Balaban J connectivity index is 2.51. The first-order valence-electron chi connectivity index (χ1n) is 6.69. The summed E-state index contributed by atoms with van der Waals surface area (Å²) >= 11 is 1.83. The van der Waals surface area contributed by atoms with E-state index in [9.17, 15) is 0 Å². The van der Waals surface area contributed by atoms with Crippen molar-refractivity contribution in [3.63, 3.8) is 0 Å². The summed E-state index contributed by atoms with van der Waals surface area (Å²) in [5, 5.41) is 8.08. The average Bonchev–Trinajstić information content (AvgIpc) is 2.73. The van der Waals surface area contributed by atoms with E-state index in [1.165, 1.54) is 0 Å². The van der Waals surface area contributed by atoms with Crippen LogP contribution in [0.15, 0.2) is 4.52 Å². The highest BCUT2D eigenvalue weighted by Gasteiger charge is 2.17. The second-order valence-corrected chi connectivity index (χ2v) is 6.64. The molecule has 0 amide bonds. The second kappa shape index (κ2) is 7.79. The molecule has 0 aliphatic heterocycles. The molecule has 4 nitrogen and oxygen atoms in total. The lowest BCUT2D eigenvalue weighted by molar-refractivity contribution is 0.327. The zero-order chi connectivity index (χ0) is 13.5. The predicted octanol–water partition coefficient (Wildman–Crippen LogP) is 2.89. The van der Waals surface area contributed by atoms with Gasteiger partial charge in [-0.05, 0) is 17.7 Å². The maximum Gasteiger partial charge on any atom is 0.228 e. The first kappa shape index (κ1) is 15.5. The maximum absolute atomic E-state index is 5.31. The molecule has 1 N–H and O–H groups in total. The SMILES string of the molecule is CCNC(Cc1nc(CSC(C)C)no1)C(C)C. The fraction of sp³-hybridized carbons (Fsp3) is 0.846. The molecule has 1 unspecified atom stereocenters. The van der Waals surface area contributed by atoms with Crippen LogP contribution in [0.5, 0.6) is 0 Å². The van der Waals surface area contributed by atoms with Crippen LogP contribution in [-0.2, 0) is 12.2 Å². The van der Waals surface area contributed by atoms with E-state index in [1.807, 2.05) is 11.8 Å². The Bertz CT molecular complexity index is 339. The second-order valence-electron chi connectivity index (χ2n) is 5.08. The monoisotopic (exact) mass is 271 g/mol. The maximum atomic E-state index is 5.31. The van der Waals surface area contributed by atoms with Crippen LogP contribution in [0, 0.1) is 5.92 Å². The summed E-state index contributed by atoms with van der Waals surface area (Å²) in [6.07, 6.45) is 0.810. The first-order chi connectivity index (χ1) is 8.52. The van der Waals surface area contributed by atoms with Gasteiger partial charge in [-0.1, -0.05) is 39.8 Å². The summed E-state index contributed by atoms with van der Waals surface area (Å²) in [7, 11) is 0. The molecule has 18 heavy (non-hydrogen) atoms. The van der Waals surface area contributed by atoms with Crippen LogP contribution in [0.25, 0.3) is 0 Å². The smallest absolute Gasteiger partial charge is 0.228 e. The van der Waals surface area contributed by atoms with Crippen molar-refractivity contribution >= 4 is 11.8 Å². The molecule has 0 spiro atoms. The van der Waals surface area contributed by atoms with Gasteiger partial charge in [0.1, 0.15) is 0 Å². The van der Waals surface area contributed by atoms with E-state index in [0.717, 1.165) is 30.4 Å². The van der Waals surface area contributed by atoms with Gasteiger partial charge < -0.3 is 9.84 Å². The molecule has 0 aromatic carbocycles. The lowest BCUT2D eigenvalue weighted by Gasteiger charge is -2.19. The van der Waals surface area contributed by atoms with Crippen molar-refractivity contribution in [3.8, 4) is 0 Å². The summed E-state index contributed by atoms with van der Waals surface area (Å²) < 4.78 is 5.31. The summed E-state index contributed by atoms with van der Waals surface area (Å²) in [5.74, 6) is 2.94. The molecule has 0 saturated heterocycles. The molecule has 0 aliphatic carbocycles. The normalized spacial score (nSPS) is 13.5. The highest BCUT2D eigenvalue weighted by molar-refractivity contribution is 7.99. The minimum Gasteiger partial charge on any atom is -0.339 e. The molecule has 0 bridgehead atoms. The third-order valence-corrected chi connectivity index (χ3v) is 3.81. The molecular weight excluding hydrogens is 246 g/mol. The summed E-state index contributed by atoms with van der Waals surface area (Å²) in [6, 6.07) is 0.404. The van der Waals surface area contributed by atoms with Crippen LogP contribution in [0.2, 0.25) is 0 Å². The van der Waals surface area contributed by atoms with Crippen molar-refractivity contribution < 1.29 is 4.52 Å². The van der Waals surface area contributed by atoms with Crippen molar-refractivity contribution in [1.82, 2.24) is 15.5 Å². The van der Waals surface area contributed by atoms with E-state index >= 15 is 0 Å². The Kier molecular flexibility index (Phi) is 6.71. The van der Waals surface area contributed by atoms with Gasteiger partial charge in [0, 0.05) is 12.5 Å². The fourth-order valence-corrected chi connectivity index (χ4v) is 2.27. The Labute approximate surface area is 114 Å². The molecule has 0 aliphatic rings. The van der Waals surface area contributed by atoms with E-state index in [0.29, 0.717) is 17.2 Å². The molecule has 5 heteroatoms. The summed E-state index contributed by atoms with van der Waals surface area (Å²) in [4.78, 5) is 4.45. The minimum absolute atomic E-state index is 0.404. The van der Waals surface area contributed by atoms with Crippen molar-refractivity contribution in [2.75, 3.05) is 6.54 Å². The van der Waals surface area contributed by atoms with Crippen molar-refractivity contribution in [2.24, 2.45) is 5.92 Å². The molecule has 0 radical (unpaired) electrons. The fourth-order valence-electron chi connectivity index (χ4n) is 1.67. The van der Waals surface area contributed by atoms with E-state index in [1.54, 1.807) is 0 Å². The number of thioether (sulfide) groups is 1. The summed E-state index contributed by atoms with van der Waals surface area (Å²) in [5.41, 5.74) is 0. The molecule has 0 fully saturated rings. The molecular formula is C13H25N3OS. The molecule has 1 aromatic heterocycles. The third kappa shape index (κ3) is 5.40. The number of likely N-dealkylation sites (N-methyl/N-ethyl adjacent to an activating group) is 1. The van der Waals surface area contributed by atoms with Gasteiger partial charge in [0.15, 0.2) is 5.82 Å². The Morgan fingerprint density at radius 2 is 2.00 bits per heavy atom. The number of hydrogen-bond donors (Lipinski definition) is 1. The van der Waals surface area contributed by atoms with Crippen LogP contribution in [0.4, 0.5) is 0 Å². The molecule has 1 atom stereocenters. The quantitative estimate of drug-likeness (QED) is 0.788. The zero-order valence-electron chi connectivity index (χ0n) is 12.1. The number of rotatable bonds is 8. The molecule has 104 valence electrons. The Morgan fingerprint density at radius 1 is 1.28 bits per heavy atom. The van der Waals surface area contributed by atoms with E-state index in [-0.39, 0.29) is 0 Å². The van der Waals surface area contributed by atoms with Crippen LogP contribution in [0.3, 0.4) is 0 Å². The number of aromatic nitrogens is 2. The summed E-state index contributed by atoms with van der Waals surface area (Å²) in [6.45, 7) is 11.8. The lowest BCUT2D eigenvalue weighted by atomic mass is 10.0. The van der Waals surface area contributed by atoms with Crippen LogP contribution >= 0.6 is 11.8 Å². The van der Waals surface area contributed by atoms with E-state index in [4.69, 9.17) is 4.52 Å². The zero-order valence-corrected chi connectivity index (χ0v) is 12.9. The molecule has 1 heterocycles. The van der Waals surface area contributed by atoms with Gasteiger partial charge in [-0.25, -0.2) is 0 Å². The van der Waals surface area contributed by atoms with E-state index < -0.39 is 0 Å². The van der Waals surface area contributed by atoms with Gasteiger partial charge in [0.25, 0.3) is 0 Å². The van der Waals surface area contributed by atoms with Gasteiger partial charge in [0.2, 0.25) is 5.89 Å². The van der Waals surface area contributed by atoms with Gasteiger partial charge >= 0.3 is 0 Å². The third-order valence-electron chi connectivity index (χ3n) is 2.72. The number of nitrogens with one attached hydrogen (secondary N) is 1. The highest BCUT2D eigenvalue weighted by atomic mass is 32.2. The number of hydrogen-bond acceptors (Lipinski definition) is 5. The molecule has 1 rings (SSSR count). The topological polar surface area (TPSA) is 51.0 Å². The van der Waals surface area contributed by atoms with Gasteiger partial charge in [0.05, 0.1) is 5.75 Å². The van der Waals surface area contributed by atoms with Crippen molar-refractivity contribution in [3.05, 3.63) is 11.7 Å². The number of nitrogens with zero attached hydrogens (tertiary/aromatic N) is 2. The largest absolute Gasteiger partial charge is 0.339 e. The van der Waals surface area contributed by atoms with E-state index in [2.05, 4.69) is 50.1 Å². The van der Waals surface area contributed by atoms with Crippen LogP contribution in [-0.4, -0.2) is 28.0 Å².